The first kappa shape index (κ1) is 10.3. The first-order valence-corrected chi connectivity index (χ1v) is 6.63. The summed E-state index contributed by atoms with van der Waals surface area (Å²) in [6.45, 7) is 0.858. The molecule has 15 heavy (non-hydrogen) atoms. The smallest absolute Gasteiger partial charge is 0.306 e. The van der Waals surface area contributed by atoms with Gasteiger partial charge in [-0.05, 0) is 24.5 Å². The summed E-state index contributed by atoms with van der Waals surface area (Å²) in [5.41, 5.74) is 1.93. The summed E-state index contributed by atoms with van der Waals surface area (Å²) in [5.74, 6) is 0.398. The molecule has 0 amide bonds. The molecule has 5 heteroatoms. The van der Waals surface area contributed by atoms with E-state index in [1.165, 1.54) is 0 Å². The highest BCUT2D eigenvalue weighted by molar-refractivity contribution is 7.86. The van der Waals surface area contributed by atoms with Crippen molar-refractivity contribution in [3.8, 4) is 5.75 Å². The summed E-state index contributed by atoms with van der Waals surface area (Å²) in [6.07, 6.45) is 3.08. The van der Waals surface area contributed by atoms with Gasteiger partial charge in [-0.1, -0.05) is 12.1 Å². The lowest BCUT2D eigenvalue weighted by atomic mass is 10.0. The van der Waals surface area contributed by atoms with Crippen LogP contribution in [0.4, 0.5) is 5.69 Å². The van der Waals surface area contributed by atoms with Crippen LogP contribution in [-0.4, -0.2) is 21.2 Å². The molecule has 0 aromatic heterocycles. The molecule has 0 saturated carbocycles. The number of anilines is 1. The van der Waals surface area contributed by atoms with Gasteiger partial charge in [-0.25, -0.2) is 0 Å². The van der Waals surface area contributed by atoms with Crippen LogP contribution in [0, 0.1) is 0 Å². The molecular formula is C10H13NO3S. The minimum Gasteiger partial charge on any atom is -0.382 e. The van der Waals surface area contributed by atoms with E-state index in [1.54, 1.807) is 6.07 Å². The maximum atomic E-state index is 11.0. The number of fused-ring (bicyclic) bond motifs is 1. The van der Waals surface area contributed by atoms with E-state index in [4.69, 9.17) is 4.18 Å². The van der Waals surface area contributed by atoms with Gasteiger partial charge < -0.3 is 9.50 Å². The van der Waals surface area contributed by atoms with Gasteiger partial charge in [0.2, 0.25) is 0 Å². The van der Waals surface area contributed by atoms with Crippen LogP contribution < -0.4 is 9.50 Å². The van der Waals surface area contributed by atoms with Gasteiger partial charge in [0.1, 0.15) is 0 Å². The molecule has 1 N–H and O–H groups in total. The largest absolute Gasteiger partial charge is 0.382 e. The van der Waals surface area contributed by atoms with Gasteiger partial charge in [0.15, 0.2) is 5.75 Å². The monoisotopic (exact) mass is 227 g/mol. The molecule has 0 spiro atoms. The maximum absolute atomic E-state index is 11.0. The predicted octanol–water partition coefficient (Wildman–Crippen LogP) is 1.38. The van der Waals surface area contributed by atoms with Gasteiger partial charge in [-0.15, -0.1) is 0 Å². The average Bonchev–Trinajstić information content (AvgIpc) is 2.16. The molecule has 0 bridgehead atoms. The normalized spacial score (nSPS) is 15.3. The summed E-state index contributed by atoms with van der Waals surface area (Å²) in [7, 11) is -3.45. The van der Waals surface area contributed by atoms with Crippen molar-refractivity contribution in [2.75, 3.05) is 18.1 Å². The van der Waals surface area contributed by atoms with Crippen molar-refractivity contribution in [1.29, 1.82) is 0 Å². The van der Waals surface area contributed by atoms with Crippen molar-refractivity contribution in [3.63, 3.8) is 0 Å². The van der Waals surface area contributed by atoms with Crippen LogP contribution in [0.2, 0.25) is 0 Å². The van der Waals surface area contributed by atoms with Crippen LogP contribution in [0.15, 0.2) is 18.2 Å². The Morgan fingerprint density at radius 3 is 2.93 bits per heavy atom. The van der Waals surface area contributed by atoms with E-state index >= 15 is 0 Å². The van der Waals surface area contributed by atoms with Crippen LogP contribution >= 0.6 is 0 Å². The molecule has 4 nitrogen and oxygen atoms in total. The van der Waals surface area contributed by atoms with E-state index in [2.05, 4.69) is 5.32 Å². The molecule has 1 aromatic carbocycles. The van der Waals surface area contributed by atoms with Crippen molar-refractivity contribution in [1.82, 2.24) is 0 Å². The number of hydrogen-bond acceptors (Lipinski definition) is 4. The molecule has 1 heterocycles. The Morgan fingerprint density at radius 2 is 2.20 bits per heavy atom. The number of rotatable bonds is 2. The van der Waals surface area contributed by atoms with Gasteiger partial charge in [0, 0.05) is 6.54 Å². The molecule has 1 aromatic rings. The highest BCUT2D eigenvalue weighted by Gasteiger charge is 2.15. The number of benzene rings is 1. The van der Waals surface area contributed by atoms with E-state index in [0.717, 1.165) is 36.9 Å². The molecule has 0 unspecified atom stereocenters. The Labute approximate surface area is 89.4 Å². The Bertz CT molecular complexity index is 468. The lowest BCUT2D eigenvalue weighted by molar-refractivity contribution is 0.493. The summed E-state index contributed by atoms with van der Waals surface area (Å²) in [5, 5.41) is 3.16. The fourth-order valence-corrected chi connectivity index (χ4v) is 2.18. The lowest BCUT2D eigenvalue weighted by Crippen LogP contribution is -2.14. The average molecular weight is 227 g/mol. The third-order valence-corrected chi connectivity index (χ3v) is 2.76. The van der Waals surface area contributed by atoms with Gasteiger partial charge in [0.05, 0.1) is 11.9 Å². The summed E-state index contributed by atoms with van der Waals surface area (Å²) in [4.78, 5) is 0. The summed E-state index contributed by atoms with van der Waals surface area (Å²) >= 11 is 0. The number of hydrogen-bond donors (Lipinski definition) is 1. The topological polar surface area (TPSA) is 55.4 Å². The van der Waals surface area contributed by atoms with E-state index < -0.39 is 10.1 Å². The minimum absolute atomic E-state index is 0.398. The standard InChI is InChI=1S/C10H13NO3S/c1-15(12,13)14-9-6-2-4-8-5-3-7-11-10(8)9/h2,4,6,11H,3,5,7H2,1H3. The summed E-state index contributed by atoms with van der Waals surface area (Å²) in [6, 6.07) is 5.46. The molecule has 0 aliphatic carbocycles. The maximum Gasteiger partial charge on any atom is 0.306 e. The Hall–Kier alpha value is -1.23. The van der Waals surface area contributed by atoms with Gasteiger partial charge in [0.25, 0.3) is 0 Å². The fraction of sp³-hybridized carbons (Fsp3) is 0.400. The lowest BCUT2D eigenvalue weighted by Gasteiger charge is -2.20. The van der Waals surface area contributed by atoms with E-state index in [1.807, 2.05) is 12.1 Å². The summed E-state index contributed by atoms with van der Waals surface area (Å²) < 4.78 is 27.0. The number of nitrogens with one attached hydrogen (secondary N) is 1. The third kappa shape index (κ3) is 2.41. The first-order chi connectivity index (χ1) is 7.06. The fourth-order valence-electron chi connectivity index (χ4n) is 1.71. The zero-order valence-corrected chi connectivity index (χ0v) is 9.30. The highest BCUT2D eigenvalue weighted by Crippen LogP contribution is 2.32. The quantitative estimate of drug-likeness (QED) is 0.776. The molecular weight excluding hydrogens is 214 g/mol. The Morgan fingerprint density at radius 1 is 1.40 bits per heavy atom. The molecule has 0 atom stereocenters. The van der Waals surface area contributed by atoms with Gasteiger partial charge >= 0.3 is 10.1 Å². The van der Waals surface area contributed by atoms with Crippen LogP contribution in [-0.2, 0) is 16.5 Å². The number of para-hydroxylation sites is 1. The predicted molar refractivity (Wildman–Crippen MR) is 58.7 cm³/mol. The molecule has 2 rings (SSSR count). The van der Waals surface area contributed by atoms with Crippen molar-refractivity contribution in [2.24, 2.45) is 0 Å². The molecule has 0 radical (unpaired) electrons. The van der Waals surface area contributed by atoms with Gasteiger partial charge in [-0.2, -0.15) is 8.42 Å². The molecule has 1 aliphatic rings. The minimum atomic E-state index is -3.45. The van der Waals surface area contributed by atoms with E-state index in [9.17, 15) is 8.42 Å². The first-order valence-electron chi connectivity index (χ1n) is 4.81. The third-order valence-electron chi connectivity index (χ3n) is 2.28. The van der Waals surface area contributed by atoms with Crippen molar-refractivity contribution < 1.29 is 12.6 Å². The van der Waals surface area contributed by atoms with Crippen molar-refractivity contribution in [2.45, 2.75) is 12.8 Å². The van der Waals surface area contributed by atoms with Gasteiger partial charge in [-0.3, -0.25) is 0 Å². The molecule has 0 saturated heterocycles. The van der Waals surface area contributed by atoms with Crippen molar-refractivity contribution >= 4 is 15.8 Å². The second-order valence-electron chi connectivity index (χ2n) is 3.61. The SMILES string of the molecule is CS(=O)(=O)Oc1cccc2c1NCCC2. The molecule has 1 aliphatic heterocycles. The Balaban J connectivity index is 2.39. The van der Waals surface area contributed by atoms with E-state index in [0.29, 0.717) is 5.75 Å². The second kappa shape index (κ2) is 3.73. The second-order valence-corrected chi connectivity index (χ2v) is 5.18. The van der Waals surface area contributed by atoms with Crippen LogP contribution in [0.25, 0.3) is 0 Å². The molecule has 0 fully saturated rings. The van der Waals surface area contributed by atoms with Crippen LogP contribution in [0.1, 0.15) is 12.0 Å². The zero-order chi connectivity index (χ0) is 10.9. The van der Waals surface area contributed by atoms with Crippen LogP contribution in [0.5, 0.6) is 5.75 Å². The Kier molecular flexibility index (Phi) is 2.56. The van der Waals surface area contributed by atoms with Crippen molar-refractivity contribution in [3.05, 3.63) is 23.8 Å². The van der Waals surface area contributed by atoms with E-state index in [-0.39, 0.29) is 0 Å². The zero-order valence-electron chi connectivity index (χ0n) is 8.49. The molecule has 82 valence electrons. The van der Waals surface area contributed by atoms with Crippen LogP contribution in [0.3, 0.4) is 0 Å². The highest BCUT2D eigenvalue weighted by atomic mass is 32.2. The number of aryl methyl sites for hydroxylation is 1.